The molecule has 0 spiro atoms. The second-order valence-electron chi connectivity index (χ2n) is 4.71. The zero-order valence-corrected chi connectivity index (χ0v) is 11.6. The van der Waals surface area contributed by atoms with Crippen molar-refractivity contribution in [3.05, 3.63) is 29.8 Å². The Hall–Kier alpha value is -2.04. The van der Waals surface area contributed by atoms with Gasteiger partial charge in [-0.2, -0.15) is 0 Å². The maximum absolute atomic E-state index is 11.8. The summed E-state index contributed by atoms with van der Waals surface area (Å²) in [5.41, 5.74) is 1.22. The highest BCUT2D eigenvalue weighted by Gasteiger charge is 2.27. The summed E-state index contributed by atoms with van der Waals surface area (Å²) in [5.74, 6) is 0.707. The van der Waals surface area contributed by atoms with Crippen LogP contribution in [-0.2, 0) is 16.0 Å². The Labute approximate surface area is 118 Å². The first-order valence-electron chi connectivity index (χ1n) is 6.81. The summed E-state index contributed by atoms with van der Waals surface area (Å²) < 4.78 is 9.84. The standard InChI is InChI=1S/C15H19NO4/c1-19-13-8-6-12(7-9-13)4-2-3-5-14(17)16-10-11-20-15(16)18/h6-9H,2-5,10-11H2,1H3. The molecular formula is C15H19NO4. The van der Waals surface area contributed by atoms with Crippen molar-refractivity contribution < 1.29 is 19.1 Å². The van der Waals surface area contributed by atoms with Crippen molar-refractivity contribution in [3.8, 4) is 5.75 Å². The van der Waals surface area contributed by atoms with Crippen molar-refractivity contribution in [2.45, 2.75) is 25.7 Å². The van der Waals surface area contributed by atoms with Gasteiger partial charge in [-0.3, -0.25) is 4.79 Å². The molecule has 1 aliphatic rings. The van der Waals surface area contributed by atoms with E-state index in [9.17, 15) is 9.59 Å². The third kappa shape index (κ3) is 3.73. The molecule has 0 unspecified atom stereocenters. The van der Waals surface area contributed by atoms with Crippen molar-refractivity contribution in [1.82, 2.24) is 4.90 Å². The summed E-state index contributed by atoms with van der Waals surface area (Å²) in [6, 6.07) is 7.92. The molecule has 0 N–H and O–H groups in total. The van der Waals surface area contributed by atoms with E-state index in [0.29, 0.717) is 19.6 Å². The quantitative estimate of drug-likeness (QED) is 0.749. The average Bonchev–Trinajstić information content (AvgIpc) is 2.90. The number of amides is 2. The molecule has 0 bridgehead atoms. The summed E-state index contributed by atoms with van der Waals surface area (Å²) in [7, 11) is 1.64. The fourth-order valence-corrected chi connectivity index (χ4v) is 2.15. The minimum Gasteiger partial charge on any atom is -0.497 e. The molecule has 108 valence electrons. The molecule has 0 radical (unpaired) electrons. The molecule has 2 amide bonds. The van der Waals surface area contributed by atoms with E-state index >= 15 is 0 Å². The predicted octanol–water partition coefficient (Wildman–Crippen LogP) is 2.39. The van der Waals surface area contributed by atoms with Crippen LogP contribution >= 0.6 is 0 Å². The Morgan fingerprint density at radius 2 is 2.05 bits per heavy atom. The van der Waals surface area contributed by atoms with E-state index in [1.54, 1.807) is 7.11 Å². The van der Waals surface area contributed by atoms with E-state index in [1.165, 1.54) is 10.5 Å². The molecule has 1 fully saturated rings. The van der Waals surface area contributed by atoms with Gasteiger partial charge in [0.2, 0.25) is 5.91 Å². The number of nitrogens with zero attached hydrogens (tertiary/aromatic N) is 1. The van der Waals surface area contributed by atoms with E-state index in [1.807, 2.05) is 24.3 Å². The van der Waals surface area contributed by atoms with Crippen molar-refractivity contribution in [1.29, 1.82) is 0 Å². The van der Waals surface area contributed by atoms with Crippen molar-refractivity contribution in [2.24, 2.45) is 0 Å². The number of benzene rings is 1. The number of carbonyl (C=O) groups is 2. The van der Waals surface area contributed by atoms with Gasteiger partial charge in [-0.1, -0.05) is 12.1 Å². The molecule has 0 aliphatic carbocycles. The van der Waals surface area contributed by atoms with Crippen LogP contribution in [0, 0.1) is 0 Å². The number of methoxy groups -OCH3 is 1. The minimum atomic E-state index is -0.509. The Kier molecular flexibility index (Phi) is 4.98. The highest BCUT2D eigenvalue weighted by molar-refractivity contribution is 5.92. The van der Waals surface area contributed by atoms with Gasteiger partial charge in [0.1, 0.15) is 12.4 Å². The number of unbranched alkanes of at least 4 members (excludes halogenated alkanes) is 1. The van der Waals surface area contributed by atoms with Crippen molar-refractivity contribution in [2.75, 3.05) is 20.3 Å². The minimum absolute atomic E-state index is 0.137. The van der Waals surface area contributed by atoms with Crippen LogP contribution in [0.3, 0.4) is 0 Å². The summed E-state index contributed by atoms with van der Waals surface area (Å²) in [6.45, 7) is 0.701. The van der Waals surface area contributed by atoms with Gasteiger partial charge in [-0.25, -0.2) is 9.69 Å². The predicted molar refractivity (Wildman–Crippen MR) is 73.6 cm³/mol. The van der Waals surface area contributed by atoms with Gasteiger partial charge < -0.3 is 9.47 Å². The fraction of sp³-hybridized carbons (Fsp3) is 0.467. The molecular weight excluding hydrogens is 258 g/mol. The third-order valence-corrected chi connectivity index (χ3v) is 3.33. The maximum Gasteiger partial charge on any atom is 0.416 e. The monoisotopic (exact) mass is 277 g/mol. The lowest BCUT2D eigenvalue weighted by Crippen LogP contribution is -2.31. The highest BCUT2D eigenvalue weighted by Crippen LogP contribution is 2.14. The number of ether oxygens (including phenoxy) is 2. The zero-order chi connectivity index (χ0) is 14.4. The summed E-state index contributed by atoms with van der Waals surface area (Å²) in [4.78, 5) is 24.1. The first-order chi connectivity index (χ1) is 9.70. The first-order valence-corrected chi connectivity index (χ1v) is 6.81. The van der Waals surface area contributed by atoms with Crippen LogP contribution in [0.25, 0.3) is 0 Å². The van der Waals surface area contributed by atoms with Crippen LogP contribution in [0.2, 0.25) is 0 Å². The van der Waals surface area contributed by atoms with Gasteiger partial charge in [-0.15, -0.1) is 0 Å². The molecule has 1 aliphatic heterocycles. The number of cyclic esters (lactones) is 1. The van der Waals surface area contributed by atoms with Gasteiger partial charge in [-0.05, 0) is 37.0 Å². The number of carbonyl (C=O) groups excluding carboxylic acids is 2. The second kappa shape index (κ2) is 6.93. The largest absolute Gasteiger partial charge is 0.497 e. The molecule has 20 heavy (non-hydrogen) atoms. The van der Waals surface area contributed by atoms with Crippen LogP contribution in [-0.4, -0.2) is 37.2 Å². The number of rotatable bonds is 6. The van der Waals surface area contributed by atoms with Crippen LogP contribution in [0.15, 0.2) is 24.3 Å². The number of aryl methyl sites for hydroxylation is 1. The molecule has 1 saturated heterocycles. The van der Waals surface area contributed by atoms with Gasteiger partial charge in [0, 0.05) is 6.42 Å². The lowest BCUT2D eigenvalue weighted by molar-refractivity contribution is -0.127. The Balaban J connectivity index is 1.68. The van der Waals surface area contributed by atoms with E-state index in [4.69, 9.17) is 9.47 Å². The molecule has 5 heteroatoms. The van der Waals surface area contributed by atoms with Gasteiger partial charge in [0.05, 0.1) is 13.7 Å². The number of hydrogen-bond acceptors (Lipinski definition) is 4. The molecule has 0 saturated carbocycles. The molecule has 1 aromatic carbocycles. The van der Waals surface area contributed by atoms with Crippen molar-refractivity contribution in [3.63, 3.8) is 0 Å². The van der Waals surface area contributed by atoms with Gasteiger partial charge in [0.25, 0.3) is 0 Å². The Bertz CT molecular complexity index is 469. The summed E-state index contributed by atoms with van der Waals surface area (Å²) in [5, 5.41) is 0. The topological polar surface area (TPSA) is 55.8 Å². The SMILES string of the molecule is COc1ccc(CCCCC(=O)N2CCOC2=O)cc1. The lowest BCUT2D eigenvalue weighted by Gasteiger charge is -2.10. The molecule has 1 aromatic rings. The summed E-state index contributed by atoms with van der Waals surface area (Å²) >= 11 is 0. The van der Waals surface area contributed by atoms with Gasteiger partial charge in [0.15, 0.2) is 0 Å². The highest BCUT2D eigenvalue weighted by atomic mass is 16.6. The summed E-state index contributed by atoms with van der Waals surface area (Å²) in [6.07, 6.45) is 2.49. The van der Waals surface area contributed by atoms with Gasteiger partial charge >= 0.3 is 6.09 Å². The molecule has 5 nitrogen and oxygen atoms in total. The first kappa shape index (κ1) is 14.4. The van der Waals surface area contributed by atoms with E-state index in [0.717, 1.165) is 25.0 Å². The molecule has 0 atom stereocenters. The average molecular weight is 277 g/mol. The Morgan fingerprint density at radius 1 is 1.30 bits per heavy atom. The Morgan fingerprint density at radius 3 is 2.65 bits per heavy atom. The lowest BCUT2D eigenvalue weighted by atomic mass is 10.1. The van der Waals surface area contributed by atoms with Crippen LogP contribution in [0.1, 0.15) is 24.8 Å². The molecule has 1 heterocycles. The molecule has 0 aromatic heterocycles. The molecule has 2 rings (SSSR count). The van der Waals surface area contributed by atoms with Crippen LogP contribution in [0.4, 0.5) is 4.79 Å². The normalized spacial score (nSPS) is 14.2. The smallest absolute Gasteiger partial charge is 0.416 e. The third-order valence-electron chi connectivity index (χ3n) is 3.33. The van der Waals surface area contributed by atoms with E-state index in [2.05, 4.69) is 0 Å². The van der Waals surface area contributed by atoms with Crippen LogP contribution < -0.4 is 4.74 Å². The maximum atomic E-state index is 11.8. The van der Waals surface area contributed by atoms with Crippen molar-refractivity contribution >= 4 is 12.0 Å². The fourth-order valence-electron chi connectivity index (χ4n) is 2.15. The number of imide groups is 1. The van der Waals surface area contributed by atoms with E-state index in [-0.39, 0.29) is 5.91 Å². The second-order valence-corrected chi connectivity index (χ2v) is 4.71. The number of hydrogen-bond donors (Lipinski definition) is 0. The zero-order valence-electron chi connectivity index (χ0n) is 11.6. The van der Waals surface area contributed by atoms with E-state index < -0.39 is 6.09 Å². The van der Waals surface area contributed by atoms with Crippen LogP contribution in [0.5, 0.6) is 5.75 Å².